The predicted octanol–water partition coefficient (Wildman–Crippen LogP) is 3.75. The van der Waals surface area contributed by atoms with E-state index in [2.05, 4.69) is 17.1 Å². The highest BCUT2D eigenvalue weighted by Crippen LogP contribution is 2.33. The van der Waals surface area contributed by atoms with Crippen LogP contribution < -0.4 is 15.1 Å². The molecule has 0 spiro atoms. The zero-order valence-electron chi connectivity index (χ0n) is 19.7. The normalized spacial score (nSPS) is 16.9. The molecular weight excluding hydrogens is 434 g/mol. The maximum absolute atomic E-state index is 13.1. The molecule has 1 N–H and O–H groups in total. The van der Waals surface area contributed by atoms with Crippen LogP contribution in [-0.2, 0) is 4.79 Å². The van der Waals surface area contributed by atoms with Gasteiger partial charge in [-0.3, -0.25) is 19.7 Å². The van der Waals surface area contributed by atoms with Gasteiger partial charge in [-0.05, 0) is 43.0 Å². The smallest absolute Gasteiger partial charge is 0.293 e. The van der Waals surface area contributed by atoms with Gasteiger partial charge in [0.1, 0.15) is 5.69 Å². The number of nitro benzene ring substituents is 1. The number of carbonyl (C=O) groups excluding carboxylic acids is 2. The molecule has 0 bridgehead atoms. The standard InChI is InChI=1S/C25H31N5O4/c1-18-9-11-28(12-10-18)23-8-7-20(17-24(23)30(33)34)25(32)26-21-5-3-4-6-22(21)29-15-13-27(14-16-29)19(2)31/h3-8,17-18H,9-16H2,1-2H3,(H,26,32). The molecule has 0 aromatic heterocycles. The third-order valence-electron chi connectivity index (χ3n) is 6.78. The number of nitrogens with zero attached hydrogens (tertiary/aromatic N) is 4. The average molecular weight is 466 g/mol. The number of para-hydroxylation sites is 2. The van der Waals surface area contributed by atoms with Gasteiger partial charge in [-0.15, -0.1) is 0 Å². The number of hydrogen-bond acceptors (Lipinski definition) is 6. The first-order valence-corrected chi connectivity index (χ1v) is 11.8. The highest BCUT2D eigenvalue weighted by Gasteiger charge is 2.26. The van der Waals surface area contributed by atoms with Gasteiger partial charge in [0, 0.05) is 57.8 Å². The van der Waals surface area contributed by atoms with Gasteiger partial charge in [0.2, 0.25) is 5.91 Å². The Morgan fingerprint density at radius 2 is 1.59 bits per heavy atom. The number of hydrogen-bond donors (Lipinski definition) is 1. The van der Waals surface area contributed by atoms with Crippen molar-refractivity contribution in [2.24, 2.45) is 5.92 Å². The number of nitrogens with one attached hydrogen (secondary N) is 1. The molecule has 34 heavy (non-hydrogen) atoms. The minimum Gasteiger partial charge on any atom is -0.366 e. The highest BCUT2D eigenvalue weighted by molar-refractivity contribution is 6.06. The first-order chi connectivity index (χ1) is 16.3. The van der Waals surface area contributed by atoms with E-state index in [1.807, 2.05) is 29.2 Å². The lowest BCUT2D eigenvalue weighted by atomic mass is 9.98. The lowest BCUT2D eigenvalue weighted by molar-refractivity contribution is -0.384. The van der Waals surface area contributed by atoms with Crippen molar-refractivity contribution in [3.8, 4) is 0 Å². The molecule has 0 unspecified atom stereocenters. The summed E-state index contributed by atoms with van der Waals surface area (Å²) in [6.45, 7) is 7.90. The molecule has 2 aliphatic heterocycles. The number of benzene rings is 2. The molecule has 9 heteroatoms. The van der Waals surface area contributed by atoms with Gasteiger partial charge in [0.05, 0.1) is 16.3 Å². The quantitative estimate of drug-likeness (QED) is 0.533. The Bertz CT molecular complexity index is 1070. The van der Waals surface area contributed by atoms with E-state index in [1.165, 1.54) is 6.07 Å². The maximum Gasteiger partial charge on any atom is 0.293 e. The lowest BCUT2D eigenvalue weighted by Gasteiger charge is -2.36. The zero-order chi connectivity index (χ0) is 24.2. The van der Waals surface area contributed by atoms with Crippen molar-refractivity contribution in [2.45, 2.75) is 26.7 Å². The van der Waals surface area contributed by atoms with Gasteiger partial charge in [-0.2, -0.15) is 0 Å². The molecule has 0 aliphatic carbocycles. The summed E-state index contributed by atoms with van der Waals surface area (Å²) in [7, 11) is 0. The first kappa shape index (κ1) is 23.5. The second-order valence-electron chi connectivity index (χ2n) is 9.09. The van der Waals surface area contributed by atoms with E-state index < -0.39 is 10.8 Å². The predicted molar refractivity (Wildman–Crippen MR) is 133 cm³/mol. The molecule has 0 atom stereocenters. The van der Waals surface area contributed by atoms with E-state index in [0.717, 1.165) is 31.6 Å². The van der Waals surface area contributed by atoms with E-state index in [0.29, 0.717) is 43.5 Å². The van der Waals surface area contributed by atoms with Crippen LogP contribution >= 0.6 is 0 Å². The summed E-state index contributed by atoms with van der Waals surface area (Å²) in [6.07, 6.45) is 1.99. The third kappa shape index (κ3) is 5.13. The fourth-order valence-electron chi connectivity index (χ4n) is 4.64. The van der Waals surface area contributed by atoms with Gasteiger partial charge >= 0.3 is 0 Å². The average Bonchev–Trinajstić information content (AvgIpc) is 2.84. The molecule has 180 valence electrons. The molecule has 2 heterocycles. The van der Waals surface area contributed by atoms with Crippen LogP contribution in [0, 0.1) is 16.0 Å². The summed E-state index contributed by atoms with van der Waals surface area (Å²) in [6, 6.07) is 12.2. The summed E-state index contributed by atoms with van der Waals surface area (Å²) < 4.78 is 0. The van der Waals surface area contributed by atoms with Crippen LogP contribution in [0.4, 0.5) is 22.7 Å². The molecule has 2 aromatic carbocycles. The topological polar surface area (TPSA) is 99.0 Å². The molecule has 2 aromatic rings. The molecule has 2 amide bonds. The van der Waals surface area contributed by atoms with Crippen molar-refractivity contribution >= 4 is 34.6 Å². The van der Waals surface area contributed by atoms with Gasteiger partial charge in [0.25, 0.3) is 11.6 Å². The van der Waals surface area contributed by atoms with E-state index in [-0.39, 0.29) is 17.2 Å². The van der Waals surface area contributed by atoms with Crippen LogP contribution in [0.25, 0.3) is 0 Å². The number of carbonyl (C=O) groups is 2. The molecule has 0 saturated carbocycles. The van der Waals surface area contributed by atoms with Crippen molar-refractivity contribution < 1.29 is 14.5 Å². The maximum atomic E-state index is 13.1. The Balaban J connectivity index is 1.52. The largest absolute Gasteiger partial charge is 0.366 e. The SMILES string of the molecule is CC(=O)N1CCN(c2ccccc2NC(=O)c2ccc(N3CCC(C)CC3)c([N+](=O)[O-])c2)CC1. The van der Waals surface area contributed by atoms with Crippen LogP contribution in [0.1, 0.15) is 37.0 Å². The third-order valence-corrected chi connectivity index (χ3v) is 6.78. The van der Waals surface area contributed by atoms with E-state index >= 15 is 0 Å². The monoisotopic (exact) mass is 465 g/mol. The molecule has 0 radical (unpaired) electrons. The van der Waals surface area contributed by atoms with Crippen LogP contribution in [0.15, 0.2) is 42.5 Å². The Labute approximate surface area is 199 Å². The van der Waals surface area contributed by atoms with Gasteiger partial charge in [0.15, 0.2) is 0 Å². The molecule has 2 fully saturated rings. The van der Waals surface area contributed by atoms with Crippen molar-refractivity contribution in [3.63, 3.8) is 0 Å². The van der Waals surface area contributed by atoms with Crippen LogP contribution in [0.2, 0.25) is 0 Å². The number of nitro groups is 1. The lowest BCUT2D eigenvalue weighted by Crippen LogP contribution is -2.48. The van der Waals surface area contributed by atoms with Crippen molar-refractivity contribution in [3.05, 3.63) is 58.1 Å². The Morgan fingerprint density at radius 1 is 0.941 bits per heavy atom. The minimum absolute atomic E-state index is 0.0455. The van der Waals surface area contributed by atoms with Crippen molar-refractivity contribution in [2.75, 3.05) is 54.4 Å². The Morgan fingerprint density at radius 3 is 2.24 bits per heavy atom. The Kier molecular flexibility index (Phi) is 7.00. The summed E-state index contributed by atoms with van der Waals surface area (Å²) in [4.78, 5) is 42.1. The van der Waals surface area contributed by atoms with Crippen LogP contribution in [0.3, 0.4) is 0 Å². The zero-order valence-corrected chi connectivity index (χ0v) is 19.7. The van der Waals surface area contributed by atoms with E-state index in [9.17, 15) is 19.7 Å². The second-order valence-corrected chi connectivity index (χ2v) is 9.09. The summed E-state index contributed by atoms with van der Waals surface area (Å²) in [5.41, 5.74) is 2.28. The van der Waals surface area contributed by atoms with Gasteiger partial charge < -0.3 is 20.0 Å². The van der Waals surface area contributed by atoms with Gasteiger partial charge in [-0.1, -0.05) is 19.1 Å². The van der Waals surface area contributed by atoms with Crippen LogP contribution in [-0.4, -0.2) is 60.9 Å². The molecule has 4 rings (SSSR count). The Hall–Kier alpha value is -3.62. The fraction of sp³-hybridized carbons (Fsp3) is 0.440. The fourth-order valence-corrected chi connectivity index (χ4v) is 4.64. The highest BCUT2D eigenvalue weighted by atomic mass is 16.6. The molecule has 9 nitrogen and oxygen atoms in total. The van der Waals surface area contributed by atoms with Crippen LogP contribution in [0.5, 0.6) is 0 Å². The summed E-state index contributed by atoms with van der Waals surface area (Å²) in [5, 5.41) is 14.7. The number of amides is 2. The van der Waals surface area contributed by atoms with E-state index in [1.54, 1.807) is 24.0 Å². The number of piperazine rings is 1. The molecule has 2 saturated heterocycles. The number of piperidine rings is 1. The minimum atomic E-state index is -0.410. The van der Waals surface area contributed by atoms with E-state index in [4.69, 9.17) is 0 Å². The van der Waals surface area contributed by atoms with Crippen molar-refractivity contribution in [1.82, 2.24) is 4.90 Å². The first-order valence-electron chi connectivity index (χ1n) is 11.8. The molecular formula is C25H31N5O4. The molecule has 2 aliphatic rings. The number of anilines is 3. The van der Waals surface area contributed by atoms with Crippen molar-refractivity contribution in [1.29, 1.82) is 0 Å². The summed E-state index contributed by atoms with van der Waals surface area (Å²) in [5.74, 6) is 0.285. The second kappa shape index (κ2) is 10.1. The summed E-state index contributed by atoms with van der Waals surface area (Å²) >= 11 is 0. The number of rotatable bonds is 5. The van der Waals surface area contributed by atoms with Gasteiger partial charge in [-0.25, -0.2) is 0 Å².